The van der Waals surface area contributed by atoms with Crippen LogP contribution in [-0.2, 0) is 17.7 Å². The summed E-state index contributed by atoms with van der Waals surface area (Å²) < 4.78 is 32.0. The van der Waals surface area contributed by atoms with Crippen molar-refractivity contribution in [3.05, 3.63) is 23.5 Å². The van der Waals surface area contributed by atoms with E-state index in [0.29, 0.717) is 0 Å². The molecule has 0 radical (unpaired) electrons. The van der Waals surface area contributed by atoms with Gasteiger partial charge in [-0.15, -0.1) is 0 Å². The first-order valence-electron chi connectivity index (χ1n) is 4.26. The van der Waals surface area contributed by atoms with Crippen LogP contribution in [0.25, 0.3) is 0 Å². The topological polar surface area (TPSA) is 57.2 Å². The van der Waals surface area contributed by atoms with Crippen LogP contribution in [0.2, 0.25) is 0 Å². The molecule has 0 saturated heterocycles. The van der Waals surface area contributed by atoms with Gasteiger partial charge >= 0.3 is 5.97 Å². The number of aromatic nitrogens is 1. The van der Waals surface area contributed by atoms with Crippen molar-refractivity contribution < 1.29 is 18.3 Å². The van der Waals surface area contributed by atoms with E-state index in [1.807, 2.05) is 0 Å². The Bertz CT molecular complexity index is 374. The van der Waals surface area contributed by atoms with Crippen LogP contribution in [0.3, 0.4) is 0 Å². The van der Waals surface area contributed by atoms with Gasteiger partial charge in [0.1, 0.15) is 5.69 Å². The normalized spacial score (nSPS) is 11.5. The minimum Gasteiger partial charge on any atom is -0.464 e. The second-order valence-corrected chi connectivity index (χ2v) is 3.06. The van der Waals surface area contributed by atoms with E-state index in [0.717, 1.165) is 4.57 Å². The average molecular weight is 218 g/mol. The minimum absolute atomic E-state index is 0.0700. The van der Waals surface area contributed by atoms with Gasteiger partial charge in [0, 0.05) is 7.05 Å². The second kappa shape index (κ2) is 3.98. The number of ether oxygens (including phenoxy) is 1. The van der Waals surface area contributed by atoms with E-state index in [2.05, 4.69) is 4.74 Å². The molecule has 0 bridgehead atoms. The molecule has 0 atom stereocenters. The van der Waals surface area contributed by atoms with Crippen LogP contribution in [0.1, 0.15) is 16.2 Å². The highest BCUT2D eigenvalue weighted by Gasteiger charge is 2.33. The van der Waals surface area contributed by atoms with Crippen molar-refractivity contribution in [2.24, 2.45) is 12.8 Å². The fourth-order valence-corrected chi connectivity index (χ4v) is 1.29. The van der Waals surface area contributed by atoms with E-state index < -0.39 is 18.4 Å². The van der Waals surface area contributed by atoms with Crippen LogP contribution < -0.4 is 5.73 Å². The zero-order valence-corrected chi connectivity index (χ0v) is 8.46. The van der Waals surface area contributed by atoms with E-state index >= 15 is 0 Å². The maximum atomic E-state index is 13.2. The molecule has 15 heavy (non-hydrogen) atoms. The Morgan fingerprint density at radius 2 is 2.20 bits per heavy atom. The highest BCUT2D eigenvalue weighted by atomic mass is 19.3. The molecule has 1 heterocycles. The number of carbonyl (C=O) groups excluding carboxylic acids is 1. The molecular formula is C9H12F2N2O2. The number of alkyl halides is 2. The van der Waals surface area contributed by atoms with Gasteiger partial charge in [-0.3, -0.25) is 0 Å². The molecular weight excluding hydrogens is 206 g/mol. The molecule has 1 aromatic heterocycles. The third kappa shape index (κ3) is 1.99. The second-order valence-electron chi connectivity index (χ2n) is 3.06. The maximum Gasteiger partial charge on any atom is 0.354 e. The van der Waals surface area contributed by atoms with Crippen LogP contribution in [0.4, 0.5) is 8.78 Å². The molecule has 0 unspecified atom stereocenters. The Kier molecular flexibility index (Phi) is 3.09. The molecule has 0 fully saturated rings. The summed E-state index contributed by atoms with van der Waals surface area (Å²) in [6, 6.07) is 2.45. The number of halogens is 2. The zero-order chi connectivity index (χ0) is 11.6. The van der Waals surface area contributed by atoms with E-state index in [9.17, 15) is 13.6 Å². The van der Waals surface area contributed by atoms with Crippen molar-refractivity contribution in [2.45, 2.75) is 5.92 Å². The lowest BCUT2D eigenvalue weighted by Gasteiger charge is -2.15. The highest BCUT2D eigenvalue weighted by molar-refractivity contribution is 5.87. The monoisotopic (exact) mass is 218 g/mol. The number of hydrogen-bond donors (Lipinski definition) is 1. The summed E-state index contributed by atoms with van der Waals surface area (Å²) in [5.41, 5.74) is 4.72. The zero-order valence-electron chi connectivity index (χ0n) is 8.46. The smallest absolute Gasteiger partial charge is 0.354 e. The quantitative estimate of drug-likeness (QED) is 0.765. The van der Waals surface area contributed by atoms with Crippen molar-refractivity contribution in [3.8, 4) is 0 Å². The van der Waals surface area contributed by atoms with Crippen molar-refractivity contribution in [1.82, 2.24) is 4.57 Å². The van der Waals surface area contributed by atoms with E-state index in [1.54, 1.807) is 0 Å². The van der Waals surface area contributed by atoms with Crippen LogP contribution in [0.15, 0.2) is 12.1 Å². The number of rotatable bonds is 3. The largest absolute Gasteiger partial charge is 0.464 e. The molecule has 0 aliphatic rings. The predicted octanol–water partition coefficient (Wildman–Crippen LogP) is 0.862. The van der Waals surface area contributed by atoms with Crippen molar-refractivity contribution in [2.75, 3.05) is 13.7 Å². The predicted molar refractivity (Wildman–Crippen MR) is 49.7 cm³/mol. The summed E-state index contributed by atoms with van der Waals surface area (Å²) in [5, 5.41) is 0. The molecule has 0 aliphatic heterocycles. The van der Waals surface area contributed by atoms with Crippen molar-refractivity contribution in [1.29, 1.82) is 0 Å². The van der Waals surface area contributed by atoms with Gasteiger partial charge in [-0.25, -0.2) is 4.79 Å². The van der Waals surface area contributed by atoms with Gasteiger partial charge in [-0.05, 0) is 12.1 Å². The molecule has 0 aliphatic carbocycles. The van der Waals surface area contributed by atoms with E-state index in [-0.39, 0.29) is 11.4 Å². The number of hydrogen-bond acceptors (Lipinski definition) is 3. The number of nitrogens with two attached hydrogens (primary N) is 1. The molecule has 0 saturated carbocycles. The van der Waals surface area contributed by atoms with Crippen LogP contribution in [-0.4, -0.2) is 24.2 Å². The molecule has 1 rings (SSSR count). The first kappa shape index (κ1) is 11.6. The molecule has 1 aromatic rings. The first-order chi connectivity index (χ1) is 6.94. The number of methoxy groups -OCH3 is 1. The Hall–Kier alpha value is -1.43. The summed E-state index contributed by atoms with van der Waals surface area (Å²) in [4.78, 5) is 11.1. The fraction of sp³-hybridized carbons (Fsp3) is 0.444. The average Bonchev–Trinajstić information content (AvgIpc) is 2.59. The van der Waals surface area contributed by atoms with Gasteiger partial charge in [-0.2, -0.15) is 8.78 Å². The van der Waals surface area contributed by atoms with Crippen LogP contribution in [0.5, 0.6) is 0 Å². The van der Waals surface area contributed by atoms with Gasteiger partial charge in [0.15, 0.2) is 0 Å². The molecule has 4 nitrogen and oxygen atoms in total. The van der Waals surface area contributed by atoms with Gasteiger partial charge in [0.2, 0.25) is 0 Å². The summed E-state index contributed by atoms with van der Waals surface area (Å²) >= 11 is 0. The van der Waals surface area contributed by atoms with Crippen molar-refractivity contribution in [3.63, 3.8) is 0 Å². The van der Waals surface area contributed by atoms with Gasteiger partial charge in [0.25, 0.3) is 5.92 Å². The molecule has 0 amide bonds. The Morgan fingerprint density at radius 3 is 2.67 bits per heavy atom. The minimum atomic E-state index is -3.14. The maximum absolute atomic E-state index is 13.2. The number of esters is 1. The van der Waals surface area contributed by atoms with Gasteiger partial charge in [0.05, 0.1) is 19.3 Å². The lowest BCUT2D eigenvalue weighted by Crippen LogP contribution is -2.28. The third-order valence-electron chi connectivity index (χ3n) is 2.15. The van der Waals surface area contributed by atoms with E-state index in [4.69, 9.17) is 5.73 Å². The lowest BCUT2D eigenvalue weighted by atomic mass is 10.2. The SMILES string of the molecule is COC(=O)c1ccc(C(F)(F)CN)n1C. The Morgan fingerprint density at radius 1 is 1.60 bits per heavy atom. The van der Waals surface area contributed by atoms with Gasteiger partial charge in [-0.1, -0.05) is 0 Å². The first-order valence-corrected chi connectivity index (χ1v) is 4.26. The third-order valence-corrected chi connectivity index (χ3v) is 2.15. The lowest BCUT2D eigenvalue weighted by molar-refractivity contribution is -0.00163. The van der Waals surface area contributed by atoms with Crippen LogP contribution in [0, 0.1) is 0 Å². The number of nitrogens with zero attached hydrogens (tertiary/aromatic N) is 1. The fourth-order valence-electron chi connectivity index (χ4n) is 1.29. The molecule has 6 heteroatoms. The Balaban J connectivity index is 3.15. The molecule has 0 spiro atoms. The summed E-state index contributed by atoms with van der Waals surface area (Å²) in [5.74, 6) is -3.79. The standard InChI is InChI=1S/C9H12F2N2O2/c1-13-6(8(14)15-2)3-4-7(13)9(10,11)5-12/h3-4H,5,12H2,1-2H3. The number of carbonyl (C=O) groups is 1. The Labute approximate surface area is 85.6 Å². The molecule has 84 valence electrons. The summed E-state index contributed by atoms with van der Waals surface area (Å²) in [6.07, 6.45) is 0. The summed E-state index contributed by atoms with van der Waals surface area (Å²) in [7, 11) is 2.56. The van der Waals surface area contributed by atoms with Gasteiger partial charge < -0.3 is 15.0 Å². The molecule has 0 aromatic carbocycles. The summed E-state index contributed by atoms with van der Waals surface area (Å²) in [6.45, 7) is -0.800. The molecule has 2 N–H and O–H groups in total. The van der Waals surface area contributed by atoms with E-state index in [1.165, 1.54) is 26.3 Å². The van der Waals surface area contributed by atoms with Crippen molar-refractivity contribution >= 4 is 5.97 Å². The highest BCUT2D eigenvalue weighted by Crippen LogP contribution is 2.27. The van der Waals surface area contributed by atoms with Crippen LogP contribution >= 0.6 is 0 Å².